The van der Waals surface area contributed by atoms with Crippen LogP contribution < -0.4 is 10.9 Å². The molecule has 0 spiro atoms. The standard InChI is InChI=1S/C24H20FN7O2S/c1-15-11-20(27-21(33)14-35-13-16-5-3-2-4-6-16)32(30-15)24-28-22-19(23(34)29-24)12-26-31(22)18-9-7-17(25)8-10-18/h2-12H,13-14H2,1H3,(H,27,33)(H,28,29,34). The molecular weight excluding hydrogens is 469 g/mol. The number of aryl methyl sites for hydroxylation is 1. The zero-order chi connectivity index (χ0) is 24.4. The van der Waals surface area contributed by atoms with Gasteiger partial charge in [-0.15, -0.1) is 11.8 Å². The normalized spacial score (nSPS) is 11.1. The molecule has 2 aromatic carbocycles. The number of aromatic amines is 1. The fourth-order valence-corrected chi connectivity index (χ4v) is 4.33. The number of benzene rings is 2. The molecule has 0 atom stereocenters. The number of thioether (sulfide) groups is 1. The van der Waals surface area contributed by atoms with Crippen LogP contribution in [-0.2, 0) is 10.5 Å². The molecule has 1 amide bonds. The molecule has 2 N–H and O–H groups in total. The van der Waals surface area contributed by atoms with Crippen molar-refractivity contribution in [3.05, 3.63) is 94.3 Å². The van der Waals surface area contributed by atoms with Crippen molar-refractivity contribution >= 4 is 34.5 Å². The average molecular weight is 490 g/mol. The predicted octanol–water partition coefficient (Wildman–Crippen LogP) is 3.61. The van der Waals surface area contributed by atoms with Crippen LogP contribution in [0, 0.1) is 12.7 Å². The Bertz CT molecular complexity index is 1560. The maximum Gasteiger partial charge on any atom is 0.263 e. The van der Waals surface area contributed by atoms with Gasteiger partial charge in [0.05, 0.1) is 23.3 Å². The number of anilines is 1. The van der Waals surface area contributed by atoms with Crippen molar-refractivity contribution in [3.63, 3.8) is 0 Å². The van der Waals surface area contributed by atoms with Gasteiger partial charge in [0.25, 0.3) is 5.56 Å². The van der Waals surface area contributed by atoms with Crippen molar-refractivity contribution < 1.29 is 9.18 Å². The molecule has 0 saturated heterocycles. The summed E-state index contributed by atoms with van der Waals surface area (Å²) in [7, 11) is 0. The Kier molecular flexibility index (Phi) is 6.15. The van der Waals surface area contributed by atoms with Crippen molar-refractivity contribution in [2.75, 3.05) is 11.1 Å². The number of halogens is 1. The third-order valence-electron chi connectivity index (χ3n) is 5.14. The quantitative estimate of drug-likeness (QED) is 0.361. The van der Waals surface area contributed by atoms with Crippen LogP contribution >= 0.6 is 11.8 Å². The first-order chi connectivity index (χ1) is 17.0. The average Bonchev–Trinajstić information content (AvgIpc) is 3.44. The molecule has 3 heterocycles. The Labute approximate surface area is 203 Å². The van der Waals surface area contributed by atoms with E-state index in [9.17, 15) is 14.0 Å². The first-order valence-electron chi connectivity index (χ1n) is 10.7. The number of carbonyl (C=O) groups excluding carboxylic acids is 1. The lowest BCUT2D eigenvalue weighted by atomic mass is 10.2. The van der Waals surface area contributed by atoms with Crippen LogP contribution in [-0.4, -0.2) is 41.2 Å². The summed E-state index contributed by atoms with van der Waals surface area (Å²) in [5.74, 6) is 0.873. The van der Waals surface area contributed by atoms with Gasteiger partial charge >= 0.3 is 0 Å². The molecule has 5 rings (SSSR count). The number of amides is 1. The number of fused-ring (bicyclic) bond motifs is 1. The summed E-state index contributed by atoms with van der Waals surface area (Å²) in [6.07, 6.45) is 1.40. The summed E-state index contributed by atoms with van der Waals surface area (Å²) < 4.78 is 16.2. The van der Waals surface area contributed by atoms with Crippen LogP contribution in [0.5, 0.6) is 0 Å². The topological polar surface area (TPSA) is 110 Å². The minimum absolute atomic E-state index is 0.117. The maximum atomic E-state index is 13.4. The first-order valence-corrected chi connectivity index (χ1v) is 11.9. The van der Waals surface area contributed by atoms with Gasteiger partial charge in [0.2, 0.25) is 11.9 Å². The number of nitrogens with one attached hydrogen (secondary N) is 2. The molecule has 0 aliphatic heterocycles. The van der Waals surface area contributed by atoms with E-state index in [1.807, 2.05) is 30.3 Å². The van der Waals surface area contributed by atoms with E-state index in [1.165, 1.54) is 39.5 Å². The van der Waals surface area contributed by atoms with E-state index in [2.05, 4.69) is 25.5 Å². The van der Waals surface area contributed by atoms with E-state index in [-0.39, 0.29) is 34.5 Å². The molecule has 0 bridgehead atoms. The van der Waals surface area contributed by atoms with Crippen molar-refractivity contribution in [1.82, 2.24) is 29.5 Å². The Balaban J connectivity index is 1.41. The first kappa shape index (κ1) is 22.5. The number of carbonyl (C=O) groups is 1. The van der Waals surface area contributed by atoms with Gasteiger partial charge in [-0.1, -0.05) is 30.3 Å². The largest absolute Gasteiger partial charge is 0.310 e. The third kappa shape index (κ3) is 4.85. The highest BCUT2D eigenvalue weighted by atomic mass is 32.2. The Morgan fingerprint density at radius 2 is 1.89 bits per heavy atom. The number of hydrogen-bond acceptors (Lipinski definition) is 6. The Morgan fingerprint density at radius 1 is 1.11 bits per heavy atom. The lowest BCUT2D eigenvalue weighted by Crippen LogP contribution is -2.20. The van der Waals surface area contributed by atoms with Crippen LogP contribution in [0.4, 0.5) is 10.2 Å². The third-order valence-corrected chi connectivity index (χ3v) is 6.14. The second-order valence-electron chi connectivity index (χ2n) is 7.77. The van der Waals surface area contributed by atoms with Crippen LogP contribution in [0.3, 0.4) is 0 Å². The molecule has 0 radical (unpaired) electrons. The summed E-state index contributed by atoms with van der Waals surface area (Å²) in [4.78, 5) is 32.6. The number of aromatic nitrogens is 6. The van der Waals surface area contributed by atoms with Gasteiger partial charge in [-0.3, -0.25) is 14.6 Å². The molecule has 0 fully saturated rings. The fraction of sp³-hybridized carbons (Fsp3) is 0.125. The number of nitrogens with zero attached hydrogens (tertiary/aromatic N) is 5. The molecule has 11 heteroatoms. The molecule has 0 saturated carbocycles. The lowest BCUT2D eigenvalue weighted by Gasteiger charge is -2.09. The van der Waals surface area contributed by atoms with E-state index in [4.69, 9.17) is 0 Å². The Hall–Kier alpha value is -4.25. The maximum absolute atomic E-state index is 13.4. The van der Waals surface area contributed by atoms with Crippen molar-refractivity contribution in [2.24, 2.45) is 0 Å². The summed E-state index contributed by atoms with van der Waals surface area (Å²) in [6.45, 7) is 1.77. The number of rotatable bonds is 7. The predicted molar refractivity (Wildman–Crippen MR) is 133 cm³/mol. The molecule has 0 unspecified atom stereocenters. The minimum atomic E-state index is -0.415. The second-order valence-corrected chi connectivity index (χ2v) is 8.75. The van der Waals surface area contributed by atoms with Crippen LogP contribution in [0.2, 0.25) is 0 Å². The van der Waals surface area contributed by atoms with Crippen molar-refractivity contribution in [3.8, 4) is 11.6 Å². The SMILES string of the molecule is Cc1cc(NC(=O)CSCc2ccccc2)n(-c2nc3c(cnn3-c3ccc(F)cc3)c(=O)[nH]2)n1. The van der Waals surface area contributed by atoms with Crippen molar-refractivity contribution in [1.29, 1.82) is 0 Å². The molecule has 5 aromatic rings. The summed E-state index contributed by atoms with van der Waals surface area (Å²) in [6, 6.07) is 17.3. The molecule has 35 heavy (non-hydrogen) atoms. The smallest absolute Gasteiger partial charge is 0.263 e. The highest BCUT2D eigenvalue weighted by molar-refractivity contribution is 7.99. The lowest BCUT2D eigenvalue weighted by molar-refractivity contribution is -0.113. The van der Waals surface area contributed by atoms with E-state index >= 15 is 0 Å². The molecule has 0 aliphatic rings. The molecular formula is C24H20FN7O2S. The zero-order valence-electron chi connectivity index (χ0n) is 18.6. The zero-order valence-corrected chi connectivity index (χ0v) is 19.4. The number of H-pyrrole nitrogens is 1. The van der Waals surface area contributed by atoms with Crippen molar-refractivity contribution in [2.45, 2.75) is 12.7 Å². The molecule has 0 aliphatic carbocycles. The van der Waals surface area contributed by atoms with Gasteiger partial charge in [-0.25, -0.2) is 9.07 Å². The Morgan fingerprint density at radius 3 is 2.66 bits per heavy atom. The van der Waals surface area contributed by atoms with E-state index < -0.39 is 5.56 Å². The highest BCUT2D eigenvalue weighted by Gasteiger charge is 2.17. The van der Waals surface area contributed by atoms with Gasteiger partial charge in [0.1, 0.15) is 17.0 Å². The monoisotopic (exact) mass is 489 g/mol. The van der Waals surface area contributed by atoms with E-state index in [1.54, 1.807) is 25.1 Å². The van der Waals surface area contributed by atoms with Crippen LogP contribution in [0.15, 0.2) is 71.7 Å². The second kappa shape index (κ2) is 9.55. The molecule has 176 valence electrons. The van der Waals surface area contributed by atoms with Gasteiger partial charge in [0, 0.05) is 11.8 Å². The molecule has 9 nitrogen and oxygen atoms in total. The summed E-state index contributed by atoms with van der Waals surface area (Å²) >= 11 is 1.49. The summed E-state index contributed by atoms with van der Waals surface area (Å²) in [5.41, 5.74) is 2.18. The van der Waals surface area contributed by atoms with Gasteiger partial charge in [0.15, 0.2) is 5.65 Å². The minimum Gasteiger partial charge on any atom is -0.310 e. The van der Waals surface area contributed by atoms with Gasteiger partial charge in [-0.05, 0) is 36.8 Å². The number of hydrogen-bond donors (Lipinski definition) is 2. The van der Waals surface area contributed by atoms with E-state index in [0.717, 1.165) is 5.56 Å². The van der Waals surface area contributed by atoms with Gasteiger partial charge in [-0.2, -0.15) is 19.9 Å². The summed E-state index contributed by atoms with van der Waals surface area (Å²) in [5, 5.41) is 11.7. The fourth-order valence-electron chi connectivity index (χ4n) is 3.54. The van der Waals surface area contributed by atoms with Crippen LogP contribution in [0.1, 0.15) is 11.3 Å². The van der Waals surface area contributed by atoms with Gasteiger partial charge < -0.3 is 5.32 Å². The highest BCUT2D eigenvalue weighted by Crippen LogP contribution is 2.19. The van der Waals surface area contributed by atoms with Crippen LogP contribution in [0.25, 0.3) is 22.7 Å². The molecule has 3 aromatic heterocycles. The van der Waals surface area contributed by atoms with E-state index in [0.29, 0.717) is 23.0 Å².